The maximum atomic E-state index is 12.6. The fourth-order valence-corrected chi connectivity index (χ4v) is 1.67. The predicted octanol–water partition coefficient (Wildman–Crippen LogP) is 2.12. The monoisotopic (exact) mass is 249 g/mol. The summed E-state index contributed by atoms with van der Waals surface area (Å²) in [5.41, 5.74) is -0.679. The van der Waals surface area contributed by atoms with E-state index in [1.54, 1.807) is 20.8 Å². The highest BCUT2D eigenvalue weighted by Crippen LogP contribution is 2.43. The molecule has 0 saturated heterocycles. The number of alkyl halides is 2. The summed E-state index contributed by atoms with van der Waals surface area (Å²) in [5.74, 6) is -3.21. The second-order valence-electron chi connectivity index (χ2n) is 5.33. The molecular weight excluding hydrogens is 232 g/mol. The summed E-state index contributed by atoms with van der Waals surface area (Å²) in [4.78, 5) is 22.1. The molecule has 1 aliphatic rings. The minimum atomic E-state index is -2.71. The summed E-state index contributed by atoms with van der Waals surface area (Å²) in [7, 11) is 0. The zero-order chi connectivity index (χ0) is 13.3. The summed E-state index contributed by atoms with van der Waals surface area (Å²) in [6, 6.07) is -0.899. The Balaban J connectivity index is 2.43. The molecule has 1 fully saturated rings. The SMILES string of the molecule is CC(C)(C)OC(=O)NC(C=O)C1CC(F)(F)C1. The van der Waals surface area contributed by atoms with Crippen LogP contribution in [0.5, 0.6) is 0 Å². The van der Waals surface area contributed by atoms with E-state index < -0.39 is 29.6 Å². The van der Waals surface area contributed by atoms with E-state index >= 15 is 0 Å². The fraction of sp³-hybridized carbons (Fsp3) is 0.818. The number of amides is 1. The van der Waals surface area contributed by atoms with Crippen LogP contribution in [0.2, 0.25) is 0 Å². The van der Waals surface area contributed by atoms with Crippen molar-refractivity contribution in [1.82, 2.24) is 5.32 Å². The highest BCUT2D eigenvalue weighted by molar-refractivity contribution is 5.73. The van der Waals surface area contributed by atoms with Crippen LogP contribution in [-0.2, 0) is 9.53 Å². The second kappa shape index (κ2) is 4.58. The molecule has 17 heavy (non-hydrogen) atoms. The molecule has 0 aromatic rings. The Hall–Kier alpha value is -1.20. The van der Waals surface area contributed by atoms with E-state index in [9.17, 15) is 18.4 Å². The Morgan fingerprint density at radius 2 is 2.00 bits per heavy atom. The Morgan fingerprint density at radius 1 is 1.47 bits per heavy atom. The Kier molecular flexibility index (Phi) is 3.74. The van der Waals surface area contributed by atoms with Gasteiger partial charge in [0.05, 0.1) is 6.04 Å². The number of rotatable bonds is 3. The quantitative estimate of drug-likeness (QED) is 0.779. The predicted molar refractivity (Wildman–Crippen MR) is 56.9 cm³/mol. The molecule has 1 atom stereocenters. The van der Waals surface area contributed by atoms with Gasteiger partial charge in [-0.1, -0.05) is 0 Å². The van der Waals surface area contributed by atoms with Crippen LogP contribution in [0.3, 0.4) is 0 Å². The molecule has 0 heterocycles. The Labute approximate surface area is 98.7 Å². The van der Waals surface area contributed by atoms with E-state index in [4.69, 9.17) is 4.74 Å². The van der Waals surface area contributed by atoms with Crippen LogP contribution in [-0.4, -0.2) is 29.9 Å². The van der Waals surface area contributed by atoms with Crippen LogP contribution in [0.1, 0.15) is 33.6 Å². The van der Waals surface area contributed by atoms with E-state index in [-0.39, 0.29) is 12.8 Å². The molecule has 1 aliphatic carbocycles. The number of hydrogen-bond acceptors (Lipinski definition) is 3. The summed E-state index contributed by atoms with van der Waals surface area (Å²) < 4.78 is 30.2. The standard InChI is InChI=1S/C11H17F2NO3/c1-10(2,3)17-9(16)14-8(6-15)7-4-11(12,13)5-7/h6-8H,4-5H2,1-3H3,(H,14,16). The van der Waals surface area contributed by atoms with E-state index in [1.807, 2.05) is 0 Å². The smallest absolute Gasteiger partial charge is 0.408 e. The number of carbonyl (C=O) groups is 2. The highest BCUT2D eigenvalue weighted by atomic mass is 19.3. The van der Waals surface area contributed by atoms with Crippen LogP contribution in [0.15, 0.2) is 0 Å². The van der Waals surface area contributed by atoms with Gasteiger partial charge in [-0.05, 0) is 26.7 Å². The van der Waals surface area contributed by atoms with Gasteiger partial charge in [0, 0.05) is 12.8 Å². The van der Waals surface area contributed by atoms with Gasteiger partial charge in [0.1, 0.15) is 11.9 Å². The first-order chi connectivity index (χ1) is 7.63. The molecule has 0 radical (unpaired) electrons. The van der Waals surface area contributed by atoms with E-state index in [0.717, 1.165) is 0 Å². The maximum Gasteiger partial charge on any atom is 0.408 e. The highest BCUT2D eigenvalue weighted by Gasteiger charge is 2.49. The first-order valence-electron chi connectivity index (χ1n) is 5.45. The van der Waals surface area contributed by atoms with Gasteiger partial charge in [0.25, 0.3) is 0 Å². The first kappa shape index (κ1) is 13.9. The molecule has 4 nitrogen and oxygen atoms in total. The van der Waals surface area contributed by atoms with Gasteiger partial charge in [0.15, 0.2) is 0 Å². The molecule has 1 rings (SSSR count). The largest absolute Gasteiger partial charge is 0.444 e. The number of aldehydes is 1. The van der Waals surface area contributed by atoms with Crippen molar-refractivity contribution in [3.63, 3.8) is 0 Å². The van der Waals surface area contributed by atoms with Gasteiger partial charge < -0.3 is 14.8 Å². The third-order valence-electron chi connectivity index (χ3n) is 2.46. The third kappa shape index (κ3) is 4.28. The van der Waals surface area contributed by atoms with Crippen molar-refractivity contribution in [3.8, 4) is 0 Å². The number of ether oxygens (including phenoxy) is 1. The average Bonchev–Trinajstić information content (AvgIpc) is 2.07. The van der Waals surface area contributed by atoms with Gasteiger partial charge in [-0.25, -0.2) is 13.6 Å². The maximum absolute atomic E-state index is 12.6. The topological polar surface area (TPSA) is 55.4 Å². The lowest BCUT2D eigenvalue weighted by molar-refractivity contribution is -0.130. The van der Waals surface area contributed by atoms with Crippen molar-refractivity contribution < 1.29 is 23.1 Å². The number of alkyl carbamates (subject to hydrolysis) is 1. The average molecular weight is 249 g/mol. The Bertz CT molecular complexity index is 304. The van der Waals surface area contributed by atoms with Crippen molar-refractivity contribution in [2.45, 2.75) is 51.2 Å². The first-order valence-corrected chi connectivity index (χ1v) is 5.45. The summed E-state index contributed by atoms with van der Waals surface area (Å²) >= 11 is 0. The van der Waals surface area contributed by atoms with Gasteiger partial charge in [0.2, 0.25) is 5.92 Å². The van der Waals surface area contributed by atoms with Crippen molar-refractivity contribution in [2.75, 3.05) is 0 Å². The van der Waals surface area contributed by atoms with Crippen LogP contribution in [0.25, 0.3) is 0 Å². The minimum absolute atomic E-state index is 0.369. The molecule has 1 N–H and O–H groups in total. The molecule has 0 bridgehead atoms. The third-order valence-corrected chi connectivity index (χ3v) is 2.46. The molecule has 0 aromatic heterocycles. The van der Waals surface area contributed by atoms with Crippen molar-refractivity contribution in [3.05, 3.63) is 0 Å². The number of nitrogens with one attached hydrogen (secondary N) is 1. The number of halogens is 2. The molecule has 98 valence electrons. The zero-order valence-corrected chi connectivity index (χ0v) is 10.1. The zero-order valence-electron chi connectivity index (χ0n) is 10.1. The molecule has 0 spiro atoms. The van der Waals surface area contributed by atoms with E-state index in [1.165, 1.54) is 0 Å². The van der Waals surface area contributed by atoms with Gasteiger partial charge >= 0.3 is 6.09 Å². The lowest BCUT2D eigenvalue weighted by atomic mass is 9.77. The lowest BCUT2D eigenvalue weighted by Crippen LogP contribution is -2.51. The van der Waals surface area contributed by atoms with Crippen molar-refractivity contribution >= 4 is 12.4 Å². The minimum Gasteiger partial charge on any atom is -0.444 e. The second-order valence-corrected chi connectivity index (χ2v) is 5.33. The molecule has 6 heteroatoms. The lowest BCUT2D eigenvalue weighted by Gasteiger charge is -2.38. The van der Waals surface area contributed by atoms with Gasteiger partial charge in [-0.2, -0.15) is 0 Å². The van der Waals surface area contributed by atoms with Crippen LogP contribution in [0, 0.1) is 5.92 Å². The van der Waals surface area contributed by atoms with Gasteiger partial charge in [-0.3, -0.25) is 0 Å². The molecule has 1 amide bonds. The fourth-order valence-electron chi connectivity index (χ4n) is 1.67. The van der Waals surface area contributed by atoms with E-state index in [0.29, 0.717) is 6.29 Å². The molecule has 0 aromatic carbocycles. The van der Waals surface area contributed by atoms with Crippen molar-refractivity contribution in [2.24, 2.45) is 5.92 Å². The normalized spacial score (nSPS) is 21.2. The Morgan fingerprint density at radius 3 is 2.35 bits per heavy atom. The van der Waals surface area contributed by atoms with Crippen LogP contribution < -0.4 is 5.32 Å². The van der Waals surface area contributed by atoms with Crippen molar-refractivity contribution in [1.29, 1.82) is 0 Å². The molecule has 1 saturated carbocycles. The molecule has 1 unspecified atom stereocenters. The summed E-state index contributed by atoms with van der Waals surface area (Å²) in [6.07, 6.45) is -1.02. The van der Waals surface area contributed by atoms with E-state index in [2.05, 4.69) is 5.32 Å². The van der Waals surface area contributed by atoms with Crippen LogP contribution >= 0.6 is 0 Å². The van der Waals surface area contributed by atoms with Crippen LogP contribution in [0.4, 0.5) is 13.6 Å². The summed E-state index contributed by atoms with van der Waals surface area (Å²) in [5, 5.41) is 2.30. The number of carbonyl (C=O) groups excluding carboxylic acids is 2. The number of hydrogen-bond donors (Lipinski definition) is 1. The van der Waals surface area contributed by atoms with Gasteiger partial charge in [-0.15, -0.1) is 0 Å². The molecular formula is C11H17F2NO3. The summed E-state index contributed by atoms with van der Waals surface area (Å²) in [6.45, 7) is 5.04. The molecule has 0 aliphatic heterocycles.